The van der Waals surface area contributed by atoms with Crippen LogP contribution in [0.15, 0.2) is 77.7 Å². The molecule has 42 heavy (non-hydrogen) atoms. The third-order valence-corrected chi connectivity index (χ3v) is 9.57. The van der Waals surface area contributed by atoms with Crippen LogP contribution in [0.4, 0.5) is 5.69 Å². The average Bonchev–Trinajstić information content (AvgIpc) is 3.48. The first-order valence-electron chi connectivity index (χ1n) is 14.2. The van der Waals surface area contributed by atoms with Gasteiger partial charge in [-0.15, -0.1) is 0 Å². The number of carbonyl (C=O) groups excluding carboxylic acids is 2. The van der Waals surface area contributed by atoms with E-state index in [1.807, 2.05) is 38.1 Å². The number of carbonyl (C=O) groups is 2. The van der Waals surface area contributed by atoms with Gasteiger partial charge in [0.2, 0.25) is 11.8 Å². The minimum absolute atomic E-state index is 0.00710. The van der Waals surface area contributed by atoms with Crippen molar-refractivity contribution >= 4 is 39.1 Å². The van der Waals surface area contributed by atoms with Gasteiger partial charge in [-0.25, -0.2) is 8.42 Å². The van der Waals surface area contributed by atoms with Crippen molar-refractivity contribution in [1.29, 1.82) is 0 Å². The van der Waals surface area contributed by atoms with Crippen LogP contribution in [0.2, 0.25) is 5.02 Å². The Bertz CT molecular complexity index is 1490. The molecule has 0 aromatic heterocycles. The normalized spacial score (nSPS) is 14.3. The fraction of sp³-hybridized carbons (Fsp3) is 0.375. The Morgan fingerprint density at radius 3 is 2.33 bits per heavy atom. The van der Waals surface area contributed by atoms with Gasteiger partial charge < -0.3 is 15.0 Å². The second-order valence-electron chi connectivity index (χ2n) is 10.6. The monoisotopic (exact) mass is 611 g/mol. The highest BCUT2D eigenvalue weighted by molar-refractivity contribution is 7.92. The summed E-state index contributed by atoms with van der Waals surface area (Å²) in [7, 11) is -2.71. The summed E-state index contributed by atoms with van der Waals surface area (Å²) >= 11 is 6.25. The molecule has 8 nitrogen and oxygen atoms in total. The highest BCUT2D eigenvalue weighted by Gasteiger charge is 2.34. The Morgan fingerprint density at radius 2 is 1.71 bits per heavy atom. The molecule has 0 radical (unpaired) electrons. The molecule has 0 heterocycles. The zero-order valence-electron chi connectivity index (χ0n) is 24.3. The van der Waals surface area contributed by atoms with Gasteiger partial charge in [-0.3, -0.25) is 13.9 Å². The molecule has 0 bridgehead atoms. The van der Waals surface area contributed by atoms with Crippen molar-refractivity contribution in [2.75, 3.05) is 18.0 Å². The SMILES string of the molecule is CCC(C(=O)NC1CCCC1)N(Cc1cccc(C)c1)C(=O)CN(c1cccc(Cl)c1)S(=O)(=O)c1ccc(OC)cc1. The van der Waals surface area contributed by atoms with Gasteiger partial charge in [-0.05, 0) is 74.2 Å². The molecule has 1 N–H and O–H groups in total. The minimum Gasteiger partial charge on any atom is -0.497 e. The van der Waals surface area contributed by atoms with Crippen molar-refractivity contribution in [2.24, 2.45) is 0 Å². The van der Waals surface area contributed by atoms with Crippen molar-refractivity contribution < 1.29 is 22.7 Å². The maximum Gasteiger partial charge on any atom is 0.264 e. The molecule has 1 atom stereocenters. The predicted molar refractivity (Wildman–Crippen MR) is 165 cm³/mol. The standard InChI is InChI=1S/C32H38ClN3O5S/c1-4-30(32(38)34-26-12-5-6-13-26)35(21-24-10-7-9-23(2)19-24)31(37)22-36(27-14-8-11-25(33)20-27)42(39,40)29-17-15-28(41-3)16-18-29/h7-11,14-20,26,30H,4-6,12-13,21-22H2,1-3H3,(H,34,38). The first kappa shape index (κ1) is 31.4. The van der Waals surface area contributed by atoms with Crippen molar-refractivity contribution in [2.45, 2.75) is 69.5 Å². The fourth-order valence-corrected chi connectivity index (χ4v) is 6.92. The Balaban J connectivity index is 1.71. The Hall–Kier alpha value is -3.56. The van der Waals surface area contributed by atoms with Crippen LogP contribution in [-0.2, 0) is 26.2 Å². The number of amides is 2. The van der Waals surface area contributed by atoms with Crippen LogP contribution >= 0.6 is 11.6 Å². The fourth-order valence-electron chi connectivity index (χ4n) is 5.33. The summed E-state index contributed by atoms with van der Waals surface area (Å²) < 4.78 is 34.2. The van der Waals surface area contributed by atoms with Crippen LogP contribution in [0.3, 0.4) is 0 Å². The van der Waals surface area contributed by atoms with E-state index in [-0.39, 0.29) is 29.1 Å². The molecule has 224 valence electrons. The third kappa shape index (κ3) is 7.63. The molecule has 0 spiro atoms. The molecule has 1 aliphatic carbocycles. The van der Waals surface area contributed by atoms with E-state index < -0.39 is 28.5 Å². The largest absolute Gasteiger partial charge is 0.497 e. The van der Waals surface area contributed by atoms with E-state index in [0.717, 1.165) is 41.1 Å². The van der Waals surface area contributed by atoms with Crippen molar-refractivity contribution in [3.8, 4) is 5.75 Å². The molecule has 2 amide bonds. The summed E-state index contributed by atoms with van der Waals surface area (Å²) in [6.45, 7) is 3.46. The molecule has 3 aromatic rings. The second-order valence-corrected chi connectivity index (χ2v) is 12.9. The number of benzene rings is 3. The number of hydrogen-bond acceptors (Lipinski definition) is 5. The number of anilines is 1. The Morgan fingerprint density at radius 1 is 1.02 bits per heavy atom. The molecule has 4 rings (SSSR count). The van der Waals surface area contributed by atoms with Crippen LogP contribution in [0, 0.1) is 6.92 Å². The average molecular weight is 612 g/mol. The van der Waals surface area contributed by atoms with Gasteiger partial charge in [0.15, 0.2) is 0 Å². The lowest BCUT2D eigenvalue weighted by Gasteiger charge is -2.34. The number of methoxy groups -OCH3 is 1. The van der Waals surface area contributed by atoms with E-state index >= 15 is 0 Å². The van der Waals surface area contributed by atoms with Crippen LogP contribution in [0.25, 0.3) is 0 Å². The highest BCUT2D eigenvalue weighted by atomic mass is 35.5. The van der Waals surface area contributed by atoms with Crippen LogP contribution < -0.4 is 14.4 Å². The first-order valence-corrected chi connectivity index (χ1v) is 16.0. The quantitative estimate of drug-likeness (QED) is 0.283. The minimum atomic E-state index is -4.20. The van der Waals surface area contributed by atoms with Gasteiger partial charge in [-0.1, -0.05) is 67.3 Å². The van der Waals surface area contributed by atoms with E-state index in [0.29, 0.717) is 17.2 Å². The summed E-state index contributed by atoms with van der Waals surface area (Å²) in [5.74, 6) is -0.220. The lowest BCUT2D eigenvalue weighted by molar-refractivity contribution is -0.140. The van der Waals surface area contributed by atoms with E-state index in [9.17, 15) is 18.0 Å². The molecule has 0 aliphatic heterocycles. The van der Waals surface area contributed by atoms with Crippen LogP contribution in [-0.4, -0.2) is 50.9 Å². The first-order chi connectivity index (χ1) is 20.1. The Labute approximate surface area is 253 Å². The summed E-state index contributed by atoms with van der Waals surface area (Å²) in [5, 5.41) is 3.46. The lowest BCUT2D eigenvalue weighted by atomic mass is 10.1. The molecule has 1 fully saturated rings. The van der Waals surface area contributed by atoms with Gasteiger partial charge >= 0.3 is 0 Å². The summed E-state index contributed by atoms with van der Waals surface area (Å²) in [5.41, 5.74) is 2.11. The predicted octanol–water partition coefficient (Wildman–Crippen LogP) is 5.72. The number of sulfonamides is 1. The molecule has 1 aliphatic rings. The smallest absolute Gasteiger partial charge is 0.264 e. The summed E-state index contributed by atoms with van der Waals surface area (Å²) in [6, 6.07) is 19.4. The van der Waals surface area contributed by atoms with E-state index in [1.54, 1.807) is 30.3 Å². The Kier molecular flexibility index (Phi) is 10.5. The number of nitrogens with one attached hydrogen (secondary N) is 1. The molecular formula is C32H38ClN3O5S. The van der Waals surface area contributed by atoms with Crippen molar-refractivity contribution in [1.82, 2.24) is 10.2 Å². The maximum atomic E-state index is 14.2. The number of hydrogen-bond donors (Lipinski definition) is 1. The molecular weight excluding hydrogens is 574 g/mol. The van der Waals surface area contributed by atoms with Gasteiger partial charge in [-0.2, -0.15) is 0 Å². The molecule has 1 unspecified atom stereocenters. The second kappa shape index (κ2) is 14.1. The summed E-state index contributed by atoms with van der Waals surface area (Å²) in [4.78, 5) is 29.2. The number of rotatable bonds is 12. The van der Waals surface area contributed by atoms with Gasteiger partial charge in [0.1, 0.15) is 18.3 Å². The lowest BCUT2D eigenvalue weighted by Crippen LogP contribution is -2.53. The number of ether oxygens (including phenoxy) is 1. The molecule has 10 heteroatoms. The summed E-state index contributed by atoms with van der Waals surface area (Å²) in [6.07, 6.45) is 4.32. The van der Waals surface area contributed by atoms with Crippen molar-refractivity contribution in [3.05, 3.63) is 88.9 Å². The molecule has 1 saturated carbocycles. The number of aryl methyl sites for hydroxylation is 1. The molecule has 3 aromatic carbocycles. The van der Waals surface area contributed by atoms with E-state index in [1.165, 1.54) is 30.2 Å². The number of nitrogens with zero attached hydrogens (tertiary/aromatic N) is 2. The van der Waals surface area contributed by atoms with Gasteiger partial charge in [0.05, 0.1) is 17.7 Å². The zero-order chi connectivity index (χ0) is 30.3. The highest BCUT2D eigenvalue weighted by Crippen LogP contribution is 2.28. The van der Waals surface area contributed by atoms with Gasteiger partial charge in [0.25, 0.3) is 10.0 Å². The topological polar surface area (TPSA) is 96.0 Å². The number of halogens is 1. The van der Waals surface area contributed by atoms with Crippen LogP contribution in [0.5, 0.6) is 5.75 Å². The molecule has 0 saturated heterocycles. The van der Waals surface area contributed by atoms with E-state index in [4.69, 9.17) is 16.3 Å². The van der Waals surface area contributed by atoms with Crippen LogP contribution in [0.1, 0.15) is 50.2 Å². The van der Waals surface area contributed by atoms with Crippen molar-refractivity contribution in [3.63, 3.8) is 0 Å². The van der Waals surface area contributed by atoms with E-state index in [2.05, 4.69) is 5.32 Å². The maximum absolute atomic E-state index is 14.2. The zero-order valence-corrected chi connectivity index (χ0v) is 25.8. The third-order valence-electron chi connectivity index (χ3n) is 7.55. The van der Waals surface area contributed by atoms with Gasteiger partial charge in [0, 0.05) is 17.6 Å².